The van der Waals surface area contributed by atoms with Crippen LogP contribution >= 0.6 is 11.3 Å². The molecule has 1 fully saturated rings. The van der Waals surface area contributed by atoms with Gasteiger partial charge in [0.05, 0.1) is 18.1 Å². The molecular weight excluding hydrogens is 294 g/mol. The average molecular weight is 311 g/mol. The molecule has 2 aromatic heterocycles. The van der Waals surface area contributed by atoms with E-state index < -0.39 is 0 Å². The Hall–Kier alpha value is -2.14. The summed E-state index contributed by atoms with van der Waals surface area (Å²) in [5.41, 5.74) is 3.62. The van der Waals surface area contributed by atoms with Gasteiger partial charge in [0, 0.05) is 16.8 Å². The van der Waals surface area contributed by atoms with Crippen LogP contribution in [-0.4, -0.2) is 16.1 Å². The number of carbonyl (C=O) groups excluding carboxylic acids is 1. The Morgan fingerprint density at radius 1 is 1.36 bits per heavy atom. The summed E-state index contributed by atoms with van der Waals surface area (Å²) in [6.45, 7) is 0.576. The number of fused-ring (bicyclic) bond motifs is 1. The van der Waals surface area contributed by atoms with Crippen molar-refractivity contribution in [2.24, 2.45) is 0 Å². The van der Waals surface area contributed by atoms with Crippen molar-refractivity contribution in [3.8, 4) is 0 Å². The minimum Gasteiger partial charge on any atom is -0.352 e. The van der Waals surface area contributed by atoms with Crippen LogP contribution in [0.4, 0.5) is 0 Å². The van der Waals surface area contributed by atoms with Crippen LogP contribution in [0, 0.1) is 0 Å². The summed E-state index contributed by atoms with van der Waals surface area (Å²) in [6, 6.07) is 8.24. The van der Waals surface area contributed by atoms with Crippen molar-refractivity contribution in [2.45, 2.75) is 31.7 Å². The normalized spacial score (nSPS) is 14.4. The monoisotopic (exact) mass is 311 g/mol. The molecule has 112 valence electrons. The van der Waals surface area contributed by atoms with E-state index in [9.17, 15) is 4.79 Å². The van der Waals surface area contributed by atoms with Crippen molar-refractivity contribution in [1.82, 2.24) is 15.5 Å². The van der Waals surface area contributed by atoms with Crippen LogP contribution in [0.2, 0.25) is 0 Å². The number of amides is 1. The van der Waals surface area contributed by atoms with Gasteiger partial charge in [0.25, 0.3) is 0 Å². The highest BCUT2D eigenvalue weighted by Gasteiger charge is 2.27. The van der Waals surface area contributed by atoms with E-state index in [2.05, 4.69) is 27.6 Å². The Labute approximate surface area is 132 Å². The van der Waals surface area contributed by atoms with Crippen LogP contribution in [-0.2, 0) is 17.8 Å². The van der Waals surface area contributed by atoms with Crippen molar-refractivity contribution >= 4 is 28.1 Å². The van der Waals surface area contributed by atoms with Crippen molar-refractivity contribution in [2.75, 3.05) is 0 Å². The molecule has 4 nitrogen and oxygen atoms in total. The van der Waals surface area contributed by atoms with Crippen LogP contribution in [0.5, 0.6) is 0 Å². The van der Waals surface area contributed by atoms with E-state index in [0.29, 0.717) is 18.9 Å². The minimum atomic E-state index is 0.0738. The van der Waals surface area contributed by atoms with Gasteiger partial charge in [0.15, 0.2) is 0 Å². The molecule has 2 heterocycles. The van der Waals surface area contributed by atoms with Gasteiger partial charge < -0.3 is 5.32 Å². The highest BCUT2D eigenvalue weighted by atomic mass is 32.1. The van der Waals surface area contributed by atoms with Gasteiger partial charge in [-0.05, 0) is 47.4 Å². The first kappa shape index (κ1) is 13.5. The molecule has 0 unspecified atom stereocenters. The number of nitrogens with one attached hydrogen (secondary N) is 2. The molecule has 1 aliphatic carbocycles. The van der Waals surface area contributed by atoms with Crippen LogP contribution in [0.3, 0.4) is 0 Å². The molecule has 5 heteroatoms. The van der Waals surface area contributed by atoms with Crippen molar-refractivity contribution in [3.63, 3.8) is 0 Å². The smallest absolute Gasteiger partial charge is 0.225 e. The number of aromatic nitrogens is 2. The lowest BCUT2D eigenvalue weighted by Gasteiger charge is -2.11. The van der Waals surface area contributed by atoms with Gasteiger partial charge in [-0.2, -0.15) is 5.10 Å². The minimum absolute atomic E-state index is 0.0738. The number of carbonyl (C=O) groups is 1. The number of rotatable bonds is 5. The van der Waals surface area contributed by atoms with Crippen molar-refractivity contribution in [1.29, 1.82) is 0 Å². The maximum Gasteiger partial charge on any atom is 0.225 e. The largest absolute Gasteiger partial charge is 0.352 e. The topological polar surface area (TPSA) is 57.8 Å². The van der Waals surface area contributed by atoms with E-state index >= 15 is 0 Å². The SMILES string of the molecule is O=C(Cc1cccs1)NCc1c(C2CC2)ccc2[nH]ncc12. The first-order chi connectivity index (χ1) is 10.8. The Kier molecular flexibility index (Phi) is 3.42. The maximum absolute atomic E-state index is 12.1. The number of nitrogens with zero attached hydrogens (tertiary/aromatic N) is 1. The standard InChI is InChI=1S/C17H17N3OS/c21-17(8-12-2-1-7-22-12)18-9-14-13(11-3-4-11)5-6-16-15(14)10-19-20-16/h1-2,5-7,10-11H,3-4,8-9H2,(H,18,21)(H,19,20). The fourth-order valence-corrected chi connectivity index (χ4v) is 3.59. The van der Waals surface area contributed by atoms with Gasteiger partial charge in [-0.15, -0.1) is 11.3 Å². The number of hydrogen-bond donors (Lipinski definition) is 2. The van der Waals surface area contributed by atoms with Gasteiger partial charge in [0.1, 0.15) is 0 Å². The zero-order chi connectivity index (χ0) is 14.9. The molecule has 1 amide bonds. The van der Waals surface area contributed by atoms with Gasteiger partial charge in [-0.25, -0.2) is 0 Å². The zero-order valence-electron chi connectivity index (χ0n) is 12.1. The van der Waals surface area contributed by atoms with E-state index in [1.165, 1.54) is 24.0 Å². The maximum atomic E-state index is 12.1. The predicted molar refractivity (Wildman–Crippen MR) is 87.9 cm³/mol. The summed E-state index contributed by atoms with van der Waals surface area (Å²) in [4.78, 5) is 13.2. The van der Waals surface area contributed by atoms with E-state index in [1.807, 2.05) is 23.7 Å². The first-order valence-corrected chi connectivity index (χ1v) is 8.43. The van der Waals surface area contributed by atoms with Gasteiger partial charge >= 0.3 is 0 Å². The number of H-pyrrole nitrogens is 1. The molecular formula is C17H17N3OS. The molecule has 1 saturated carbocycles. The van der Waals surface area contributed by atoms with E-state index in [-0.39, 0.29) is 5.91 Å². The van der Waals surface area contributed by atoms with E-state index in [4.69, 9.17) is 0 Å². The highest BCUT2D eigenvalue weighted by Crippen LogP contribution is 2.43. The Morgan fingerprint density at radius 3 is 3.05 bits per heavy atom. The molecule has 3 aromatic rings. The third-order valence-corrected chi connectivity index (χ3v) is 5.04. The van der Waals surface area contributed by atoms with Crippen LogP contribution in [0.1, 0.15) is 34.8 Å². The second-order valence-corrected chi connectivity index (χ2v) is 6.80. The van der Waals surface area contributed by atoms with Crippen molar-refractivity contribution in [3.05, 3.63) is 51.8 Å². The summed E-state index contributed by atoms with van der Waals surface area (Å²) in [5.74, 6) is 0.730. The fourth-order valence-electron chi connectivity index (χ4n) is 2.89. The summed E-state index contributed by atoms with van der Waals surface area (Å²) in [5, 5.41) is 13.3. The van der Waals surface area contributed by atoms with E-state index in [0.717, 1.165) is 15.8 Å². The molecule has 4 rings (SSSR count). The number of aromatic amines is 1. The summed E-state index contributed by atoms with van der Waals surface area (Å²) < 4.78 is 0. The van der Waals surface area contributed by atoms with Gasteiger partial charge in [0.2, 0.25) is 5.91 Å². The molecule has 0 aliphatic heterocycles. The summed E-state index contributed by atoms with van der Waals surface area (Å²) in [7, 11) is 0. The molecule has 0 saturated heterocycles. The Balaban J connectivity index is 1.54. The zero-order valence-corrected chi connectivity index (χ0v) is 13.0. The van der Waals surface area contributed by atoms with Crippen LogP contribution in [0.25, 0.3) is 10.9 Å². The Bertz CT molecular complexity index is 803. The second kappa shape index (κ2) is 5.57. The molecule has 0 atom stereocenters. The average Bonchev–Trinajstić information content (AvgIpc) is 3.03. The summed E-state index contributed by atoms with van der Waals surface area (Å²) >= 11 is 1.62. The number of benzene rings is 1. The molecule has 22 heavy (non-hydrogen) atoms. The lowest BCUT2D eigenvalue weighted by molar-refractivity contribution is -0.120. The molecule has 1 aromatic carbocycles. The van der Waals surface area contributed by atoms with Gasteiger partial charge in [-0.3, -0.25) is 9.89 Å². The van der Waals surface area contributed by atoms with Crippen LogP contribution < -0.4 is 5.32 Å². The number of hydrogen-bond acceptors (Lipinski definition) is 3. The number of thiophene rings is 1. The third kappa shape index (κ3) is 2.64. The highest BCUT2D eigenvalue weighted by molar-refractivity contribution is 7.10. The van der Waals surface area contributed by atoms with Crippen molar-refractivity contribution < 1.29 is 4.79 Å². The lowest BCUT2D eigenvalue weighted by atomic mass is 9.99. The summed E-state index contributed by atoms with van der Waals surface area (Å²) in [6.07, 6.45) is 4.82. The van der Waals surface area contributed by atoms with E-state index in [1.54, 1.807) is 11.3 Å². The van der Waals surface area contributed by atoms with Crippen LogP contribution in [0.15, 0.2) is 35.8 Å². The molecule has 0 radical (unpaired) electrons. The second-order valence-electron chi connectivity index (χ2n) is 5.77. The first-order valence-electron chi connectivity index (χ1n) is 7.55. The Morgan fingerprint density at radius 2 is 2.27 bits per heavy atom. The fraction of sp³-hybridized carbons (Fsp3) is 0.294. The molecule has 1 aliphatic rings. The predicted octanol–water partition coefficient (Wildman–Crippen LogP) is 3.36. The molecule has 0 spiro atoms. The van der Waals surface area contributed by atoms with Gasteiger partial charge in [-0.1, -0.05) is 12.1 Å². The molecule has 2 N–H and O–H groups in total. The third-order valence-electron chi connectivity index (χ3n) is 4.17. The quantitative estimate of drug-likeness (QED) is 0.759. The molecule has 0 bridgehead atoms. The lowest BCUT2D eigenvalue weighted by Crippen LogP contribution is -2.24.